The van der Waals surface area contributed by atoms with Crippen molar-refractivity contribution in [2.75, 3.05) is 20.5 Å². The Kier molecular flexibility index (Phi) is 7.40. The third-order valence-corrected chi connectivity index (χ3v) is 3.51. The molecule has 1 aromatic carbocycles. The average molecular weight is 293 g/mol. The van der Waals surface area contributed by atoms with Crippen LogP contribution in [-0.2, 0) is 9.47 Å². The molecule has 0 bridgehead atoms. The Bertz CT molecular complexity index is 459. The molecule has 0 radical (unpaired) electrons. The minimum absolute atomic E-state index is 0.0180. The molecule has 0 heterocycles. The van der Waals surface area contributed by atoms with E-state index in [1.165, 1.54) is 5.56 Å². The molecular weight excluding hydrogens is 266 g/mol. The first-order chi connectivity index (χ1) is 9.93. The number of nitrogens with one attached hydrogen (secondary N) is 1. The van der Waals surface area contributed by atoms with Crippen LogP contribution in [-0.4, -0.2) is 32.5 Å². The lowest BCUT2D eigenvalue weighted by molar-refractivity contribution is -0.0428. The van der Waals surface area contributed by atoms with E-state index >= 15 is 0 Å². The number of carbonyl (C=O) groups is 1. The normalized spacial score (nSPS) is 13.8. The van der Waals surface area contributed by atoms with E-state index in [1.54, 1.807) is 7.11 Å². The highest BCUT2D eigenvalue weighted by Crippen LogP contribution is 2.11. The molecule has 4 heteroatoms. The third kappa shape index (κ3) is 6.27. The summed E-state index contributed by atoms with van der Waals surface area (Å²) in [7, 11) is 1.61. The molecule has 0 spiro atoms. The number of benzene rings is 1. The second-order valence-corrected chi connectivity index (χ2v) is 5.79. The van der Waals surface area contributed by atoms with Gasteiger partial charge in [0, 0.05) is 18.7 Å². The molecule has 21 heavy (non-hydrogen) atoms. The fourth-order valence-corrected chi connectivity index (χ4v) is 2.25. The van der Waals surface area contributed by atoms with Crippen molar-refractivity contribution in [3.05, 3.63) is 34.9 Å². The van der Waals surface area contributed by atoms with Crippen LogP contribution < -0.4 is 5.32 Å². The number of methoxy groups -OCH3 is 1. The van der Waals surface area contributed by atoms with Gasteiger partial charge < -0.3 is 14.8 Å². The van der Waals surface area contributed by atoms with E-state index in [4.69, 9.17) is 9.47 Å². The highest BCUT2D eigenvalue weighted by Gasteiger charge is 2.13. The van der Waals surface area contributed by atoms with Crippen molar-refractivity contribution in [2.24, 2.45) is 5.92 Å². The van der Waals surface area contributed by atoms with Gasteiger partial charge in [0.25, 0.3) is 5.91 Å². The summed E-state index contributed by atoms with van der Waals surface area (Å²) < 4.78 is 10.2. The molecule has 0 saturated carbocycles. The van der Waals surface area contributed by atoms with Gasteiger partial charge in [-0.15, -0.1) is 0 Å². The summed E-state index contributed by atoms with van der Waals surface area (Å²) in [6, 6.07) is 5.90. The van der Waals surface area contributed by atoms with Crippen molar-refractivity contribution in [1.29, 1.82) is 0 Å². The largest absolute Gasteiger partial charge is 0.359 e. The van der Waals surface area contributed by atoms with E-state index in [2.05, 4.69) is 12.2 Å². The molecule has 1 rings (SSSR count). The Hall–Kier alpha value is -1.39. The summed E-state index contributed by atoms with van der Waals surface area (Å²) in [6.45, 7) is 9.14. The van der Waals surface area contributed by atoms with Crippen LogP contribution >= 0.6 is 0 Å². The average Bonchev–Trinajstić information content (AvgIpc) is 2.41. The van der Waals surface area contributed by atoms with Crippen molar-refractivity contribution >= 4 is 5.91 Å². The SMILES string of the molecule is COCOCC(C)CC(C)NC(=O)c1ccc(C)c(C)c1. The maximum Gasteiger partial charge on any atom is 0.251 e. The summed E-state index contributed by atoms with van der Waals surface area (Å²) in [5, 5.41) is 3.04. The third-order valence-electron chi connectivity index (χ3n) is 3.51. The molecule has 0 aliphatic carbocycles. The number of ether oxygens (including phenoxy) is 2. The van der Waals surface area contributed by atoms with Crippen LogP contribution in [0.25, 0.3) is 0 Å². The molecule has 1 amide bonds. The maximum absolute atomic E-state index is 12.2. The Balaban J connectivity index is 2.44. The van der Waals surface area contributed by atoms with E-state index in [-0.39, 0.29) is 11.9 Å². The van der Waals surface area contributed by atoms with Crippen LogP contribution in [0.1, 0.15) is 41.8 Å². The second-order valence-electron chi connectivity index (χ2n) is 5.79. The maximum atomic E-state index is 12.2. The molecule has 4 nitrogen and oxygen atoms in total. The molecular formula is C17H27NO3. The fourth-order valence-electron chi connectivity index (χ4n) is 2.25. The molecule has 118 valence electrons. The lowest BCUT2D eigenvalue weighted by Crippen LogP contribution is -2.34. The summed E-state index contributed by atoms with van der Waals surface area (Å²) in [5.41, 5.74) is 3.05. The van der Waals surface area contributed by atoms with Crippen molar-refractivity contribution in [2.45, 2.75) is 40.2 Å². The summed E-state index contributed by atoms with van der Waals surface area (Å²) >= 11 is 0. The first kappa shape index (κ1) is 17.7. The summed E-state index contributed by atoms with van der Waals surface area (Å²) in [6.07, 6.45) is 0.875. The molecule has 0 saturated heterocycles. The van der Waals surface area contributed by atoms with Crippen molar-refractivity contribution in [3.63, 3.8) is 0 Å². The number of rotatable bonds is 8. The minimum Gasteiger partial charge on any atom is -0.359 e. The van der Waals surface area contributed by atoms with Crippen LogP contribution in [0.5, 0.6) is 0 Å². The van der Waals surface area contributed by atoms with Gasteiger partial charge in [0.05, 0.1) is 6.61 Å². The molecule has 2 unspecified atom stereocenters. The van der Waals surface area contributed by atoms with E-state index in [9.17, 15) is 4.79 Å². The molecule has 0 aromatic heterocycles. The fraction of sp³-hybridized carbons (Fsp3) is 0.588. The molecule has 0 aliphatic rings. The van der Waals surface area contributed by atoms with E-state index < -0.39 is 0 Å². The van der Waals surface area contributed by atoms with Gasteiger partial charge >= 0.3 is 0 Å². The van der Waals surface area contributed by atoms with Gasteiger partial charge in [-0.25, -0.2) is 0 Å². The number of amides is 1. The Morgan fingerprint density at radius 3 is 2.57 bits per heavy atom. The summed E-state index contributed by atoms with van der Waals surface area (Å²) in [5.74, 6) is 0.353. The van der Waals surface area contributed by atoms with Gasteiger partial charge in [0.1, 0.15) is 6.79 Å². The highest BCUT2D eigenvalue weighted by molar-refractivity contribution is 5.94. The van der Waals surface area contributed by atoms with E-state index in [1.807, 2.05) is 39.0 Å². The number of aryl methyl sites for hydroxylation is 2. The monoisotopic (exact) mass is 293 g/mol. The van der Waals surface area contributed by atoms with Crippen LogP contribution in [0, 0.1) is 19.8 Å². The first-order valence-corrected chi connectivity index (χ1v) is 7.38. The zero-order chi connectivity index (χ0) is 15.8. The van der Waals surface area contributed by atoms with Crippen molar-refractivity contribution in [1.82, 2.24) is 5.32 Å². The predicted octanol–water partition coefficient (Wildman–Crippen LogP) is 3.07. The van der Waals surface area contributed by atoms with Gasteiger partial charge in [0.15, 0.2) is 0 Å². The number of carbonyl (C=O) groups excluding carboxylic acids is 1. The molecule has 1 aromatic rings. The van der Waals surface area contributed by atoms with Gasteiger partial charge in [-0.2, -0.15) is 0 Å². The van der Waals surface area contributed by atoms with Crippen LogP contribution in [0.3, 0.4) is 0 Å². The quantitative estimate of drug-likeness (QED) is 0.592. The standard InChI is InChI=1S/C17H27NO3/c1-12(10-21-11-20-5)8-15(4)18-17(19)16-7-6-13(2)14(3)9-16/h6-7,9,12,15H,8,10-11H2,1-5H3,(H,18,19). The van der Waals surface area contributed by atoms with Crippen LogP contribution in [0.4, 0.5) is 0 Å². The first-order valence-electron chi connectivity index (χ1n) is 7.38. The van der Waals surface area contributed by atoms with E-state index in [0.717, 1.165) is 12.0 Å². The number of hydrogen-bond acceptors (Lipinski definition) is 3. The second kappa shape index (κ2) is 8.80. The smallest absolute Gasteiger partial charge is 0.251 e. The van der Waals surface area contributed by atoms with Crippen LogP contribution in [0.2, 0.25) is 0 Å². The van der Waals surface area contributed by atoms with Gasteiger partial charge in [-0.1, -0.05) is 13.0 Å². The lowest BCUT2D eigenvalue weighted by Gasteiger charge is -2.19. The summed E-state index contributed by atoms with van der Waals surface area (Å²) in [4.78, 5) is 12.2. The molecule has 0 fully saturated rings. The van der Waals surface area contributed by atoms with Crippen molar-refractivity contribution < 1.29 is 14.3 Å². The van der Waals surface area contributed by atoms with Gasteiger partial charge in [-0.05, 0) is 56.4 Å². The molecule has 0 aliphatic heterocycles. The van der Waals surface area contributed by atoms with E-state index in [0.29, 0.717) is 24.9 Å². The Morgan fingerprint density at radius 2 is 1.95 bits per heavy atom. The topological polar surface area (TPSA) is 47.6 Å². The minimum atomic E-state index is -0.0180. The zero-order valence-electron chi connectivity index (χ0n) is 13.7. The highest BCUT2D eigenvalue weighted by atomic mass is 16.7. The number of hydrogen-bond donors (Lipinski definition) is 1. The van der Waals surface area contributed by atoms with Crippen molar-refractivity contribution in [3.8, 4) is 0 Å². The van der Waals surface area contributed by atoms with Gasteiger partial charge in [0.2, 0.25) is 0 Å². The Labute approximate surface area is 127 Å². The molecule has 1 N–H and O–H groups in total. The lowest BCUT2D eigenvalue weighted by atomic mass is 10.0. The Morgan fingerprint density at radius 1 is 1.24 bits per heavy atom. The zero-order valence-corrected chi connectivity index (χ0v) is 13.7. The predicted molar refractivity (Wildman–Crippen MR) is 84.5 cm³/mol. The van der Waals surface area contributed by atoms with Crippen LogP contribution in [0.15, 0.2) is 18.2 Å². The molecule has 2 atom stereocenters. The van der Waals surface area contributed by atoms with Gasteiger partial charge in [-0.3, -0.25) is 4.79 Å².